The van der Waals surface area contributed by atoms with Crippen molar-refractivity contribution >= 4 is 17.5 Å². The molecular weight excluding hydrogens is 485 g/mol. The first-order valence-corrected chi connectivity index (χ1v) is 12.2. The highest BCUT2D eigenvalue weighted by molar-refractivity contribution is 5.97. The van der Waals surface area contributed by atoms with Crippen molar-refractivity contribution < 1.29 is 31.9 Å². The van der Waals surface area contributed by atoms with E-state index in [-0.39, 0.29) is 30.6 Å². The third kappa shape index (κ3) is 6.53. The predicted octanol–water partition coefficient (Wildman–Crippen LogP) is 6.34. The van der Waals surface area contributed by atoms with Crippen molar-refractivity contribution in [3.8, 4) is 5.75 Å². The molecule has 0 saturated carbocycles. The van der Waals surface area contributed by atoms with E-state index in [9.17, 15) is 22.8 Å². The molecule has 0 spiro atoms. The minimum Gasteiger partial charge on any atom is -0.493 e. The first kappa shape index (κ1) is 26.3. The Bertz CT molecular complexity index is 1230. The molecule has 1 fully saturated rings. The van der Waals surface area contributed by atoms with E-state index in [1.54, 1.807) is 0 Å². The first-order valence-electron chi connectivity index (χ1n) is 12.2. The maximum absolute atomic E-state index is 13.3. The van der Waals surface area contributed by atoms with E-state index < -0.39 is 23.2 Å². The second-order valence-corrected chi connectivity index (χ2v) is 9.23. The number of hydrogen-bond acceptors (Lipinski definition) is 4. The van der Waals surface area contributed by atoms with Gasteiger partial charge >= 0.3 is 6.18 Å². The normalized spacial score (nSPS) is 14.5. The van der Waals surface area contributed by atoms with Crippen LogP contribution >= 0.6 is 0 Å². The van der Waals surface area contributed by atoms with Crippen LogP contribution in [-0.2, 0) is 11.0 Å². The molecule has 0 aliphatic carbocycles. The van der Waals surface area contributed by atoms with E-state index >= 15 is 0 Å². The molecule has 9 heteroatoms. The van der Waals surface area contributed by atoms with E-state index in [1.165, 1.54) is 11.8 Å². The lowest BCUT2D eigenvalue weighted by molar-refractivity contribution is -0.138. The van der Waals surface area contributed by atoms with Gasteiger partial charge in [-0.1, -0.05) is 29.8 Å². The Balaban J connectivity index is 1.26. The van der Waals surface area contributed by atoms with Gasteiger partial charge in [0.2, 0.25) is 5.91 Å². The number of alkyl halides is 3. The highest BCUT2D eigenvalue weighted by atomic mass is 19.4. The second-order valence-electron chi connectivity index (χ2n) is 9.23. The fraction of sp³-hybridized carbons (Fsp3) is 0.357. The summed E-state index contributed by atoms with van der Waals surface area (Å²) in [4.78, 5) is 26.5. The number of carbonyl (C=O) groups excluding carboxylic acids is 2. The quantitative estimate of drug-likeness (QED) is 0.399. The molecule has 2 amide bonds. The number of anilines is 1. The van der Waals surface area contributed by atoms with Gasteiger partial charge in [0, 0.05) is 18.8 Å². The Morgan fingerprint density at radius 3 is 2.30 bits per heavy atom. The number of benzene rings is 2. The zero-order valence-electron chi connectivity index (χ0n) is 20.7. The molecule has 0 bridgehead atoms. The van der Waals surface area contributed by atoms with Crippen LogP contribution in [-0.4, -0.2) is 36.4 Å². The van der Waals surface area contributed by atoms with E-state index in [1.807, 2.05) is 55.5 Å². The summed E-state index contributed by atoms with van der Waals surface area (Å²) >= 11 is 0. The maximum atomic E-state index is 13.3. The van der Waals surface area contributed by atoms with Crippen LogP contribution in [0.15, 0.2) is 59.2 Å². The zero-order chi connectivity index (χ0) is 26.6. The fourth-order valence-corrected chi connectivity index (χ4v) is 4.46. The molecule has 1 aliphatic heterocycles. The van der Waals surface area contributed by atoms with Gasteiger partial charge in [0.15, 0.2) is 0 Å². The summed E-state index contributed by atoms with van der Waals surface area (Å²) in [6, 6.07) is 15.2. The van der Waals surface area contributed by atoms with Crippen LogP contribution in [0.5, 0.6) is 5.75 Å². The van der Waals surface area contributed by atoms with Gasteiger partial charge in [0.05, 0.1) is 18.6 Å². The van der Waals surface area contributed by atoms with Crippen molar-refractivity contribution in [1.29, 1.82) is 0 Å². The molecule has 0 atom stereocenters. The highest BCUT2D eigenvalue weighted by Gasteiger charge is 2.40. The third-order valence-corrected chi connectivity index (χ3v) is 6.56. The first-order chi connectivity index (χ1) is 17.6. The van der Waals surface area contributed by atoms with Gasteiger partial charge in [0.25, 0.3) is 5.91 Å². The van der Waals surface area contributed by atoms with Gasteiger partial charge in [-0.3, -0.25) is 9.59 Å². The van der Waals surface area contributed by atoms with Crippen LogP contribution in [0.25, 0.3) is 0 Å². The molecule has 37 heavy (non-hydrogen) atoms. The largest absolute Gasteiger partial charge is 0.493 e. The Morgan fingerprint density at radius 1 is 1.03 bits per heavy atom. The van der Waals surface area contributed by atoms with Crippen LogP contribution < -0.4 is 10.1 Å². The standard InChI is InChI=1S/C28H29F3N2O4/c1-18-3-9-23(10-4-18)36-16-13-25(34)32-22-7-5-20(6-8-22)21-11-14-33(15-12-21)27(35)26-19(2)37-17-24(26)28(29,30)31/h3-10,17,21H,11-16H2,1-2H3,(H,32,34). The molecule has 0 unspecified atom stereocenters. The number of piperidine rings is 1. The molecule has 4 rings (SSSR count). The molecular formula is C28H29F3N2O4. The average Bonchev–Trinajstić information content (AvgIpc) is 3.27. The summed E-state index contributed by atoms with van der Waals surface area (Å²) in [5, 5.41) is 2.86. The Hall–Kier alpha value is -3.75. The van der Waals surface area contributed by atoms with Crippen LogP contribution in [0.4, 0.5) is 18.9 Å². The molecule has 3 aromatic rings. The molecule has 1 saturated heterocycles. The number of nitrogens with zero attached hydrogens (tertiary/aromatic N) is 1. The second kappa shape index (κ2) is 11.1. The number of halogens is 3. The van der Waals surface area contributed by atoms with Crippen molar-refractivity contribution in [2.24, 2.45) is 0 Å². The van der Waals surface area contributed by atoms with Crippen molar-refractivity contribution in [1.82, 2.24) is 4.90 Å². The van der Waals surface area contributed by atoms with E-state index in [2.05, 4.69) is 5.32 Å². The predicted molar refractivity (Wildman–Crippen MR) is 133 cm³/mol. The Morgan fingerprint density at radius 2 is 1.68 bits per heavy atom. The number of aryl methyl sites for hydroxylation is 2. The van der Waals surface area contributed by atoms with Crippen molar-refractivity contribution in [2.45, 2.75) is 45.2 Å². The van der Waals surface area contributed by atoms with Gasteiger partial charge in [-0.2, -0.15) is 13.2 Å². The summed E-state index contributed by atoms with van der Waals surface area (Å²) in [7, 11) is 0. The number of amides is 2. The molecule has 0 radical (unpaired) electrons. The van der Waals surface area contributed by atoms with Crippen LogP contribution in [0, 0.1) is 13.8 Å². The van der Waals surface area contributed by atoms with E-state index in [0.717, 1.165) is 16.9 Å². The molecule has 2 heterocycles. The minimum atomic E-state index is -4.65. The van der Waals surface area contributed by atoms with Gasteiger partial charge < -0.3 is 19.4 Å². The summed E-state index contributed by atoms with van der Waals surface area (Å²) in [5.41, 5.74) is 1.43. The fourth-order valence-electron chi connectivity index (χ4n) is 4.46. The number of furan rings is 1. The molecule has 6 nitrogen and oxygen atoms in total. The van der Waals surface area contributed by atoms with Gasteiger partial charge in [-0.05, 0) is 62.4 Å². The van der Waals surface area contributed by atoms with E-state index in [0.29, 0.717) is 37.9 Å². The topological polar surface area (TPSA) is 71.8 Å². The number of likely N-dealkylation sites (tertiary alicyclic amines) is 1. The van der Waals surface area contributed by atoms with Crippen LogP contribution in [0.3, 0.4) is 0 Å². The molecule has 2 aromatic carbocycles. The number of carbonyl (C=O) groups is 2. The lowest BCUT2D eigenvalue weighted by atomic mass is 9.89. The number of ether oxygens (including phenoxy) is 1. The molecule has 1 aliphatic rings. The van der Waals surface area contributed by atoms with Crippen LogP contribution in [0.2, 0.25) is 0 Å². The Labute approximate surface area is 213 Å². The van der Waals surface area contributed by atoms with Crippen LogP contribution in [0.1, 0.15) is 58.0 Å². The number of hydrogen-bond donors (Lipinski definition) is 1. The number of rotatable bonds is 7. The monoisotopic (exact) mass is 514 g/mol. The summed E-state index contributed by atoms with van der Waals surface area (Å²) in [5.74, 6) is 0.0557. The smallest absolute Gasteiger partial charge is 0.420 e. The van der Waals surface area contributed by atoms with Gasteiger partial charge in [-0.25, -0.2) is 0 Å². The van der Waals surface area contributed by atoms with Crippen molar-refractivity contribution in [3.05, 3.63) is 82.8 Å². The minimum absolute atomic E-state index is 0.0289. The maximum Gasteiger partial charge on any atom is 0.420 e. The lowest BCUT2D eigenvalue weighted by Gasteiger charge is -2.32. The summed E-state index contributed by atoms with van der Waals surface area (Å²) in [6.45, 7) is 4.33. The third-order valence-electron chi connectivity index (χ3n) is 6.56. The average molecular weight is 515 g/mol. The van der Waals surface area contributed by atoms with Gasteiger partial charge in [0.1, 0.15) is 23.3 Å². The summed E-state index contributed by atoms with van der Waals surface area (Å²) in [6.07, 6.45) is -2.56. The molecule has 1 N–H and O–H groups in total. The van der Waals surface area contributed by atoms with Gasteiger partial charge in [-0.15, -0.1) is 0 Å². The van der Waals surface area contributed by atoms with Crippen molar-refractivity contribution in [2.75, 3.05) is 25.0 Å². The summed E-state index contributed by atoms with van der Waals surface area (Å²) < 4.78 is 50.3. The number of nitrogens with one attached hydrogen (secondary N) is 1. The Kier molecular flexibility index (Phi) is 7.90. The lowest BCUT2D eigenvalue weighted by Crippen LogP contribution is -2.38. The van der Waals surface area contributed by atoms with Crippen molar-refractivity contribution in [3.63, 3.8) is 0 Å². The zero-order valence-corrected chi connectivity index (χ0v) is 20.7. The SMILES string of the molecule is Cc1ccc(OCCC(=O)Nc2ccc(C3CCN(C(=O)c4c(C(F)(F)F)coc4C)CC3)cc2)cc1. The van der Waals surface area contributed by atoms with E-state index in [4.69, 9.17) is 9.15 Å². The molecule has 196 valence electrons. The molecule has 1 aromatic heterocycles. The highest BCUT2D eigenvalue weighted by Crippen LogP contribution is 2.36.